The van der Waals surface area contributed by atoms with Crippen LogP contribution >= 0.6 is 0 Å². The van der Waals surface area contributed by atoms with Crippen molar-refractivity contribution in [3.63, 3.8) is 0 Å². The molecule has 0 bridgehead atoms. The fourth-order valence-electron chi connectivity index (χ4n) is 2.52. The minimum atomic E-state index is 0.722. The molecule has 21 heavy (non-hydrogen) atoms. The Bertz CT molecular complexity index is 770. The van der Waals surface area contributed by atoms with Crippen molar-refractivity contribution in [2.24, 2.45) is 7.05 Å². The van der Waals surface area contributed by atoms with Crippen LogP contribution in [-0.4, -0.2) is 14.8 Å². The van der Waals surface area contributed by atoms with Crippen molar-refractivity contribution in [3.8, 4) is 0 Å². The fourth-order valence-corrected chi connectivity index (χ4v) is 2.52. The van der Waals surface area contributed by atoms with Gasteiger partial charge in [0, 0.05) is 30.5 Å². The molecule has 108 valence electrons. The van der Waals surface area contributed by atoms with Gasteiger partial charge in [-0.2, -0.15) is 5.10 Å². The summed E-state index contributed by atoms with van der Waals surface area (Å²) < 4.78 is 1.80. The molecule has 0 saturated heterocycles. The van der Waals surface area contributed by atoms with Crippen molar-refractivity contribution in [2.75, 3.05) is 11.1 Å². The molecule has 1 aromatic carbocycles. The fraction of sp³-hybridized carbons (Fsp3) is 0.250. The molecule has 3 aromatic rings. The van der Waals surface area contributed by atoms with E-state index in [-0.39, 0.29) is 0 Å². The van der Waals surface area contributed by atoms with Crippen molar-refractivity contribution < 1.29 is 0 Å². The van der Waals surface area contributed by atoms with E-state index in [0.717, 1.165) is 46.5 Å². The molecule has 3 N–H and O–H groups in total. The Labute approximate surface area is 123 Å². The Hall–Kier alpha value is -2.56. The van der Waals surface area contributed by atoms with Gasteiger partial charge in [0.25, 0.3) is 0 Å². The summed E-state index contributed by atoms with van der Waals surface area (Å²) in [5.74, 6) is 0.829. The third-order valence-electron chi connectivity index (χ3n) is 3.58. The number of benzene rings is 1. The van der Waals surface area contributed by atoms with E-state index in [1.54, 1.807) is 10.9 Å². The predicted octanol–water partition coefficient (Wildman–Crippen LogP) is 3.25. The number of nitrogen functional groups attached to an aromatic ring is 1. The summed E-state index contributed by atoms with van der Waals surface area (Å²) in [7, 11) is 1.90. The van der Waals surface area contributed by atoms with Gasteiger partial charge in [-0.1, -0.05) is 25.5 Å². The number of rotatable bonds is 4. The lowest BCUT2D eigenvalue weighted by Crippen LogP contribution is -2.01. The minimum absolute atomic E-state index is 0.722. The second-order valence-electron chi connectivity index (χ2n) is 5.11. The maximum Gasteiger partial charge on any atom is 0.152 e. The minimum Gasteiger partial charge on any atom is -0.394 e. The van der Waals surface area contributed by atoms with Crippen LogP contribution < -0.4 is 11.1 Å². The van der Waals surface area contributed by atoms with Gasteiger partial charge in [-0.3, -0.25) is 9.67 Å². The molecule has 0 spiro atoms. The van der Waals surface area contributed by atoms with Crippen LogP contribution in [0.5, 0.6) is 0 Å². The van der Waals surface area contributed by atoms with Gasteiger partial charge in [-0.25, -0.2) is 0 Å². The van der Waals surface area contributed by atoms with Crippen LogP contribution in [0.1, 0.15) is 19.0 Å². The molecule has 0 fully saturated rings. The summed E-state index contributed by atoms with van der Waals surface area (Å²) in [5.41, 5.74) is 8.87. The third kappa shape index (κ3) is 2.42. The topological polar surface area (TPSA) is 68.8 Å². The van der Waals surface area contributed by atoms with E-state index in [0.29, 0.717) is 0 Å². The summed E-state index contributed by atoms with van der Waals surface area (Å²) in [6.07, 6.45) is 5.57. The lowest BCUT2D eigenvalue weighted by Gasteiger charge is -2.10. The molecule has 0 aliphatic carbocycles. The second kappa shape index (κ2) is 5.44. The number of aryl methyl sites for hydroxylation is 2. The monoisotopic (exact) mass is 281 g/mol. The first kappa shape index (κ1) is 13.4. The first-order chi connectivity index (χ1) is 10.2. The zero-order valence-electron chi connectivity index (χ0n) is 12.3. The zero-order valence-corrected chi connectivity index (χ0v) is 12.3. The molecular formula is C16H19N5. The first-order valence-corrected chi connectivity index (χ1v) is 7.11. The van der Waals surface area contributed by atoms with Gasteiger partial charge in [0.2, 0.25) is 0 Å². The molecule has 0 unspecified atom stereocenters. The first-order valence-electron chi connectivity index (χ1n) is 7.11. The van der Waals surface area contributed by atoms with Crippen LogP contribution in [0, 0.1) is 0 Å². The Kier molecular flexibility index (Phi) is 3.48. The van der Waals surface area contributed by atoms with Crippen LogP contribution in [-0.2, 0) is 13.5 Å². The molecule has 5 nitrogen and oxygen atoms in total. The van der Waals surface area contributed by atoms with E-state index in [1.807, 2.05) is 31.4 Å². The van der Waals surface area contributed by atoms with Crippen LogP contribution in [0.15, 0.2) is 36.7 Å². The molecule has 0 radical (unpaired) electrons. The van der Waals surface area contributed by atoms with Crippen molar-refractivity contribution in [1.29, 1.82) is 0 Å². The maximum absolute atomic E-state index is 6.22. The van der Waals surface area contributed by atoms with Crippen molar-refractivity contribution >= 4 is 28.0 Å². The number of pyridine rings is 1. The van der Waals surface area contributed by atoms with Gasteiger partial charge in [-0.05, 0) is 23.9 Å². The highest BCUT2D eigenvalue weighted by Crippen LogP contribution is 2.30. The van der Waals surface area contributed by atoms with Crippen molar-refractivity contribution in [3.05, 3.63) is 42.4 Å². The third-order valence-corrected chi connectivity index (χ3v) is 3.58. The van der Waals surface area contributed by atoms with Crippen molar-refractivity contribution in [1.82, 2.24) is 14.8 Å². The Morgan fingerprint density at radius 2 is 2.14 bits per heavy atom. The number of hydrogen-bond acceptors (Lipinski definition) is 4. The van der Waals surface area contributed by atoms with Crippen LogP contribution in [0.2, 0.25) is 0 Å². The number of hydrogen-bond donors (Lipinski definition) is 2. The van der Waals surface area contributed by atoms with Gasteiger partial charge in [-0.15, -0.1) is 0 Å². The summed E-state index contributed by atoms with van der Waals surface area (Å²) in [6.45, 7) is 2.12. The highest BCUT2D eigenvalue weighted by atomic mass is 15.3. The number of fused-ring (bicyclic) bond motifs is 1. The molecule has 2 heterocycles. The van der Waals surface area contributed by atoms with Crippen LogP contribution in [0.25, 0.3) is 10.8 Å². The van der Waals surface area contributed by atoms with E-state index in [4.69, 9.17) is 5.73 Å². The molecule has 0 saturated carbocycles. The number of nitrogens with two attached hydrogens (primary N) is 1. The molecular weight excluding hydrogens is 262 g/mol. The normalized spacial score (nSPS) is 11.0. The zero-order chi connectivity index (χ0) is 14.8. The quantitative estimate of drug-likeness (QED) is 0.770. The van der Waals surface area contributed by atoms with Gasteiger partial charge in [0.05, 0.1) is 11.4 Å². The van der Waals surface area contributed by atoms with Crippen LogP contribution in [0.4, 0.5) is 17.2 Å². The lowest BCUT2D eigenvalue weighted by molar-refractivity contribution is 0.740. The average Bonchev–Trinajstić information content (AvgIpc) is 2.76. The number of aromatic nitrogens is 3. The van der Waals surface area contributed by atoms with E-state index in [2.05, 4.69) is 28.4 Å². The van der Waals surface area contributed by atoms with E-state index >= 15 is 0 Å². The Balaban J connectivity index is 2.03. The molecule has 2 aromatic heterocycles. The predicted molar refractivity (Wildman–Crippen MR) is 86.6 cm³/mol. The molecule has 0 amide bonds. The second-order valence-corrected chi connectivity index (χ2v) is 5.11. The summed E-state index contributed by atoms with van der Waals surface area (Å²) in [5, 5.41) is 10.1. The summed E-state index contributed by atoms with van der Waals surface area (Å²) in [4.78, 5) is 4.20. The highest BCUT2D eigenvalue weighted by molar-refractivity contribution is 5.95. The molecule has 3 rings (SSSR count). The van der Waals surface area contributed by atoms with E-state index < -0.39 is 0 Å². The summed E-state index contributed by atoms with van der Waals surface area (Å²) >= 11 is 0. The highest BCUT2D eigenvalue weighted by Gasteiger charge is 2.13. The maximum atomic E-state index is 6.22. The smallest absolute Gasteiger partial charge is 0.152 e. The van der Waals surface area contributed by atoms with Crippen LogP contribution in [0.3, 0.4) is 0 Å². The molecule has 0 aliphatic rings. The van der Waals surface area contributed by atoms with E-state index in [9.17, 15) is 0 Å². The average molecular weight is 281 g/mol. The van der Waals surface area contributed by atoms with Gasteiger partial charge >= 0.3 is 0 Å². The largest absolute Gasteiger partial charge is 0.394 e. The Morgan fingerprint density at radius 1 is 1.29 bits per heavy atom. The standard InChI is InChI=1S/C16H19N5/c1-3-5-14-15(17)16(21(2)20-14)19-13-7-4-6-11-8-9-18-10-12(11)13/h4,6-10,19H,3,5,17H2,1-2H3. The Morgan fingerprint density at radius 3 is 2.95 bits per heavy atom. The molecule has 5 heteroatoms. The molecule has 0 atom stereocenters. The van der Waals surface area contributed by atoms with Gasteiger partial charge in [0.15, 0.2) is 5.82 Å². The number of anilines is 3. The number of nitrogens with one attached hydrogen (secondary N) is 1. The SMILES string of the molecule is CCCc1nn(C)c(Nc2cccc3ccncc23)c1N. The van der Waals surface area contributed by atoms with Crippen molar-refractivity contribution in [2.45, 2.75) is 19.8 Å². The lowest BCUT2D eigenvalue weighted by atomic mass is 10.1. The summed E-state index contributed by atoms with van der Waals surface area (Å²) in [6, 6.07) is 8.10. The number of nitrogens with zero attached hydrogens (tertiary/aromatic N) is 3. The molecule has 0 aliphatic heterocycles. The van der Waals surface area contributed by atoms with Gasteiger partial charge in [0.1, 0.15) is 0 Å². The van der Waals surface area contributed by atoms with E-state index in [1.165, 1.54) is 0 Å². The van der Waals surface area contributed by atoms with Gasteiger partial charge < -0.3 is 11.1 Å².